The minimum atomic E-state index is -4.60. The number of hydrogen-bond donors (Lipinski definition) is 2. The summed E-state index contributed by atoms with van der Waals surface area (Å²) in [5.41, 5.74) is 0. The molecule has 1 amide bonds. The quantitative estimate of drug-likeness (QED) is 0.0272. The molecule has 0 rings (SSSR count). The highest BCUT2D eigenvalue weighted by atomic mass is 31.2. The number of carbonyl (C=O) groups excluding carboxylic acids is 1. The van der Waals surface area contributed by atoms with Crippen molar-refractivity contribution in [1.29, 1.82) is 0 Å². The largest absolute Gasteiger partial charge is 0.756 e. The molecule has 0 bridgehead atoms. The molecule has 9 heteroatoms. The van der Waals surface area contributed by atoms with Crippen LogP contribution in [0.15, 0.2) is 48.6 Å². The van der Waals surface area contributed by atoms with Crippen molar-refractivity contribution in [2.24, 2.45) is 0 Å². The maximum Gasteiger partial charge on any atom is 0.268 e. The molecule has 0 fully saturated rings. The second kappa shape index (κ2) is 60.1. The standard InChI is InChI=1S/C69H133N2O6P/c1-6-8-10-12-14-16-18-20-22-24-26-28-30-32-33-34-35-36-37-39-41-43-45-47-49-51-53-55-57-59-61-63-69(73)70-67(66-77-78(74,75)76-65-64-71(3,4)5)68(72)62-60-58-56-54-52-50-48-46-44-42-40-38-31-29-27-25-23-21-19-17-15-13-11-9-7-2/h18,20,24,26,30,32,60,62,67-68,72H,6-17,19,21-23,25,27-29,31,33-59,61,63-66H2,1-5H3,(H-,70,73,74,75)/b20-18-,26-24-,32-30-,62-60+. The highest BCUT2D eigenvalue weighted by molar-refractivity contribution is 7.45. The number of unbranched alkanes of at least 4 members (excludes halogenated alkanes) is 44. The number of hydrogen-bond acceptors (Lipinski definition) is 6. The zero-order chi connectivity index (χ0) is 57.0. The monoisotopic (exact) mass is 1120 g/mol. The number of amides is 1. The summed E-state index contributed by atoms with van der Waals surface area (Å²) in [6, 6.07) is -0.888. The van der Waals surface area contributed by atoms with E-state index >= 15 is 0 Å². The number of nitrogens with zero attached hydrogens (tertiary/aromatic N) is 1. The average Bonchev–Trinajstić information content (AvgIpc) is 3.41. The van der Waals surface area contributed by atoms with E-state index in [4.69, 9.17) is 9.05 Å². The van der Waals surface area contributed by atoms with Crippen molar-refractivity contribution in [2.75, 3.05) is 40.9 Å². The first-order valence-corrected chi connectivity index (χ1v) is 35.5. The second-order valence-electron chi connectivity index (χ2n) is 24.5. The van der Waals surface area contributed by atoms with Crippen LogP contribution in [0.25, 0.3) is 0 Å². The summed E-state index contributed by atoms with van der Waals surface area (Å²) in [4.78, 5) is 25.6. The van der Waals surface area contributed by atoms with Gasteiger partial charge in [-0.15, -0.1) is 0 Å². The number of nitrogens with one attached hydrogen (secondary N) is 1. The third-order valence-electron chi connectivity index (χ3n) is 15.5. The summed E-state index contributed by atoms with van der Waals surface area (Å²) < 4.78 is 23.5. The van der Waals surface area contributed by atoms with E-state index in [-0.39, 0.29) is 19.1 Å². The zero-order valence-electron chi connectivity index (χ0n) is 52.6. The fourth-order valence-corrected chi connectivity index (χ4v) is 10.9. The Morgan fingerprint density at radius 3 is 1.08 bits per heavy atom. The molecule has 8 nitrogen and oxygen atoms in total. The van der Waals surface area contributed by atoms with Gasteiger partial charge in [0.1, 0.15) is 13.2 Å². The molecular weight excluding hydrogens is 984 g/mol. The van der Waals surface area contributed by atoms with Crippen molar-refractivity contribution in [3.05, 3.63) is 48.6 Å². The molecule has 0 aromatic rings. The maximum atomic E-state index is 13.0. The van der Waals surface area contributed by atoms with E-state index in [2.05, 4.69) is 55.6 Å². The minimum absolute atomic E-state index is 0.000291. The zero-order valence-corrected chi connectivity index (χ0v) is 53.5. The smallest absolute Gasteiger partial charge is 0.268 e. The third-order valence-corrected chi connectivity index (χ3v) is 16.5. The molecule has 0 radical (unpaired) electrons. The molecule has 0 aliphatic carbocycles. The van der Waals surface area contributed by atoms with Crippen LogP contribution in [0.4, 0.5) is 0 Å². The van der Waals surface area contributed by atoms with Gasteiger partial charge in [-0.1, -0.05) is 319 Å². The van der Waals surface area contributed by atoms with Gasteiger partial charge in [-0.3, -0.25) is 9.36 Å². The van der Waals surface area contributed by atoms with Crippen LogP contribution in [-0.4, -0.2) is 68.5 Å². The summed E-state index contributed by atoms with van der Waals surface area (Å²) in [5, 5.41) is 14.0. The number of aliphatic hydroxyl groups is 1. The number of phosphoric ester groups is 1. The molecule has 0 saturated heterocycles. The van der Waals surface area contributed by atoms with Crippen molar-refractivity contribution in [2.45, 2.75) is 347 Å². The van der Waals surface area contributed by atoms with Crippen LogP contribution in [0.5, 0.6) is 0 Å². The lowest BCUT2D eigenvalue weighted by Gasteiger charge is -2.29. The number of quaternary nitrogens is 1. The molecular formula is C69H133N2O6P. The van der Waals surface area contributed by atoms with Gasteiger partial charge < -0.3 is 28.8 Å². The van der Waals surface area contributed by atoms with Crippen LogP contribution in [0.2, 0.25) is 0 Å². The molecule has 0 spiro atoms. The first-order valence-electron chi connectivity index (χ1n) is 34.0. The summed E-state index contributed by atoms with van der Waals surface area (Å²) in [7, 11) is 1.27. The van der Waals surface area contributed by atoms with E-state index < -0.39 is 20.0 Å². The first kappa shape index (κ1) is 76.5. The highest BCUT2D eigenvalue weighted by Gasteiger charge is 2.23. The Balaban J connectivity index is 4.08. The Kier molecular flexibility index (Phi) is 58.9. The van der Waals surface area contributed by atoms with Crippen LogP contribution in [0.1, 0.15) is 335 Å². The van der Waals surface area contributed by atoms with Crippen LogP contribution in [-0.2, 0) is 18.4 Å². The van der Waals surface area contributed by atoms with E-state index in [1.807, 2.05) is 27.2 Å². The van der Waals surface area contributed by atoms with Gasteiger partial charge in [-0.25, -0.2) is 0 Å². The average molecular weight is 1120 g/mol. The number of rotatable bonds is 63. The lowest BCUT2D eigenvalue weighted by molar-refractivity contribution is -0.870. The predicted octanol–water partition coefficient (Wildman–Crippen LogP) is 20.8. The molecule has 0 aliphatic heterocycles. The van der Waals surface area contributed by atoms with E-state index in [0.29, 0.717) is 17.4 Å². The Morgan fingerprint density at radius 1 is 0.449 bits per heavy atom. The normalized spacial score (nSPS) is 14.0. The van der Waals surface area contributed by atoms with Crippen molar-refractivity contribution in [1.82, 2.24) is 5.32 Å². The van der Waals surface area contributed by atoms with E-state index in [1.54, 1.807) is 6.08 Å². The van der Waals surface area contributed by atoms with Crippen molar-refractivity contribution >= 4 is 13.7 Å². The van der Waals surface area contributed by atoms with Crippen molar-refractivity contribution in [3.8, 4) is 0 Å². The molecule has 78 heavy (non-hydrogen) atoms. The van der Waals surface area contributed by atoms with Gasteiger partial charge in [0.2, 0.25) is 5.91 Å². The van der Waals surface area contributed by atoms with Gasteiger partial charge in [0, 0.05) is 6.42 Å². The Labute approximate surface area is 486 Å². The molecule has 460 valence electrons. The molecule has 3 atom stereocenters. The number of likely N-dealkylation sites (N-methyl/N-ethyl adjacent to an activating group) is 1. The van der Waals surface area contributed by atoms with E-state index in [1.165, 1.54) is 263 Å². The summed E-state index contributed by atoms with van der Waals surface area (Å²) in [5.74, 6) is -0.193. The Morgan fingerprint density at radius 2 is 0.744 bits per heavy atom. The lowest BCUT2D eigenvalue weighted by Crippen LogP contribution is -2.45. The van der Waals surface area contributed by atoms with Crippen LogP contribution in [0.3, 0.4) is 0 Å². The maximum absolute atomic E-state index is 13.0. The summed E-state index contributed by atoms with van der Waals surface area (Å²) in [6.07, 6.45) is 80.7. The first-order chi connectivity index (χ1) is 38.0. The van der Waals surface area contributed by atoms with Gasteiger partial charge in [0.25, 0.3) is 7.82 Å². The molecule has 2 N–H and O–H groups in total. The Bertz CT molecular complexity index is 1410. The number of aliphatic hydroxyl groups excluding tert-OH is 1. The van der Waals surface area contributed by atoms with E-state index in [9.17, 15) is 19.4 Å². The molecule has 0 heterocycles. The Hall–Kier alpha value is -1.54. The molecule has 0 aromatic carbocycles. The predicted molar refractivity (Wildman–Crippen MR) is 339 cm³/mol. The molecule has 0 aliphatic rings. The summed E-state index contributed by atoms with van der Waals surface area (Å²) in [6.45, 7) is 4.69. The van der Waals surface area contributed by atoms with Crippen molar-refractivity contribution < 1.29 is 32.9 Å². The van der Waals surface area contributed by atoms with Gasteiger partial charge >= 0.3 is 0 Å². The SMILES string of the molecule is CCCCCCC/C=C\C/C=C\C/C=C\CCCCCCCCCCCCCCCCCCC(=O)NC(COP(=O)([O-])OCC[N+](C)(C)C)C(O)/C=C/CCCCCCCCCCCCCCCCCCCCCCCCC. The fraction of sp³-hybridized carbons (Fsp3) is 0.870. The number of phosphoric acid groups is 1. The summed E-state index contributed by atoms with van der Waals surface area (Å²) >= 11 is 0. The van der Waals surface area contributed by atoms with Gasteiger partial charge in [-0.05, 0) is 57.8 Å². The van der Waals surface area contributed by atoms with Crippen molar-refractivity contribution in [3.63, 3.8) is 0 Å². The molecule has 0 saturated carbocycles. The minimum Gasteiger partial charge on any atom is -0.756 e. The van der Waals surface area contributed by atoms with Gasteiger partial charge in [0.05, 0.1) is 39.9 Å². The number of carbonyl (C=O) groups is 1. The second-order valence-corrected chi connectivity index (χ2v) is 25.9. The van der Waals surface area contributed by atoms with Crippen LogP contribution < -0.4 is 10.2 Å². The topological polar surface area (TPSA) is 108 Å². The highest BCUT2D eigenvalue weighted by Crippen LogP contribution is 2.38. The molecule has 3 unspecified atom stereocenters. The van der Waals surface area contributed by atoms with Gasteiger partial charge in [-0.2, -0.15) is 0 Å². The van der Waals surface area contributed by atoms with Crippen LogP contribution >= 0.6 is 7.82 Å². The molecule has 0 aromatic heterocycles. The lowest BCUT2D eigenvalue weighted by atomic mass is 10.0. The number of allylic oxidation sites excluding steroid dienone is 7. The fourth-order valence-electron chi connectivity index (χ4n) is 10.2. The van der Waals surface area contributed by atoms with E-state index in [0.717, 1.165) is 51.4 Å². The van der Waals surface area contributed by atoms with Crippen LogP contribution in [0, 0.1) is 0 Å². The van der Waals surface area contributed by atoms with Gasteiger partial charge in [0.15, 0.2) is 0 Å². The third kappa shape index (κ3) is 62.1.